The molecule has 0 unspecified atom stereocenters. The number of nitrogens with one attached hydrogen (secondary N) is 1. The highest BCUT2D eigenvalue weighted by atomic mass is 32.1. The molecule has 0 saturated carbocycles. The van der Waals surface area contributed by atoms with Crippen molar-refractivity contribution in [3.8, 4) is 5.69 Å². The lowest BCUT2D eigenvalue weighted by Crippen LogP contribution is -2.13. The molecule has 0 aliphatic carbocycles. The Balaban J connectivity index is 1.51. The maximum absolute atomic E-state index is 12.4. The number of aromatic nitrogens is 6. The molecule has 26 heavy (non-hydrogen) atoms. The zero-order chi connectivity index (χ0) is 18.1. The third-order valence-electron chi connectivity index (χ3n) is 3.51. The SMILES string of the molecule is NC(=O)c1nnn(-c2ccc(NC(=O)c3ccc4nsnc4c3)cc2)n1. The van der Waals surface area contributed by atoms with Crippen LogP contribution in [0.25, 0.3) is 16.7 Å². The number of nitrogens with two attached hydrogens (primary N) is 1. The van der Waals surface area contributed by atoms with E-state index in [9.17, 15) is 9.59 Å². The minimum atomic E-state index is -0.757. The molecule has 0 radical (unpaired) electrons. The van der Waals surface area contributed by atoms with Gasteiger partial charge in [0.15, 0.2) is 0 Å². The molecule has 128 valence electrons. The van der Waals surface area contributed by atoms with E-state index in [1.807, 2.05) is 0 Å². The molecule has 10 nitrogen and oxygen atoms in total. The van der Waals surface area contributed by atoms with Crippen molar-refractivity contribution in [3.63, 3.8) is 0 Å². The quantitative estimate of drug-likeness (QED) is 0.549. The predicted molar refractivity (Wildman–Crippen MR) is 93.0 cm³/mol. The van der Waals surface area contributed by atoms with E-state index in [0.717, 1.165) is 17.2 Å². The number of amides is 2. The summed E-state index contributed by atoms with van der Waals surface area (Å²) < 4.78 is 8.23. The van der Waals surface area contributed by atoms with Gasteiger partial charge >= 0.3 is 0 Å². The molecule has 0 bridgehead atoms. The zero-order valence-electron chi connectivity index (χ0n) is 13.0. The van der Waals surface area contributed by atoms with Gasteiger partial charge in [-0.2, -0.15) is 8.75 Å². The topological polar surface area (TPSA) is 142 Å². The largest absolute Gasteiger partial charge is 0.363 e. The summed E-state index contributed by atoms with van der Waals surface area (Å²) in [7, 11) is 0. The number of hydrogen-bond acceptors (Lipinski definition) is 8. The van der Waals surface area contributed by atoms with E-state index in [1.54, 1.807) is 42.5 Å². The molecule has 2 aromatic heterocycles. The van der Waals surface area contributed by atoms with E-state index in [1.165, 1.54) is 4.80 Å². The fourth-order valence-electron chi connectivity index (χ4n) is 2.23. The van der Waals surface area contributed by atoms with Crippen molar-refractivity contribution in [2.24, 2.45) is 5.73 Å². The lowest BCUT2D eigenvalue weighted by Gasteiger charge is -2.06. The van der Waals surface area contributed by atoms with Crippen LogP contribution in [0, 0.1) is 0 Å². The van der Waals surface area contributed by atoms with Gasteiger partial charge in [-0.1, -0.05) is 0 Å². The number of fused-ring (bicyclic) bond motifs is 1. The van der Waals surface area contributed by atoms with Crippen LogP contribution in [0.1, 0.15) is 21.0 Å². The van der Waals surface area contributed by atoms with E-state index in [4.69, 9.17) is 5.73 Å². The highest BCUT2D eigenvalue weighted by molar-refractivity contribution is 7.00. The number of benzene rings is 2. The molecule has 3 N–H and O–H groups in total. The summed E-state index contributed by atoms with van der Waals surface area (Å²) in [5, 5.41) is 14.0. The standard InChI is InChI=1S/C15H10N8O2S/c16-13(24)14-18-22-23(19-14)10-4-2-9(3-5-10)17-15(25)8-1-6-11-12(7-8)21-26-20-11/h1-7H,(H2,16,24)(H,17,25). The van der Waals surface area contributed by atoms with Gasteiger partial charge in [0.25, 0.3) is 17.6 Å². The molecule has 0 atom stereocenters. The fourth-order valence-corrected chi connectivity index (χ4v) is 2.74. The second-order valence-corrected chi connectivity index (χ2v) is 5.76. The van der Waals surface area contributed by atoms with Gasteiger partial charge in [0.05, 0.1) is 17.4 Å². The highest BCUT2D eigenvalue weighted by Gasteiger charge is 2.11. The first-order valence-electron chi connectivity index (χ1n) is 7.34. The van der Waals surface area contributed by atoms with Crippen LogP contribution < -0.4 is 11.1 Å². The summed E-state index contributed by atoms with van der Waals surface area (Å²) in [4.78, 5) is 24.6. The summed E-state index contributed by atoms with van der Waals surface area (Å²) in [6, 6.07) is 11.9. The highest BCUT2D eigenvalue weighted by Crippen LogP contribution is 2.16. The summed E-state index contributed by atoms with van der Waals surface area (Å²) in [5.74, 6) is -1.19. The molecule has 0 spiro atoms. The first kappa shape index (κ1) is 15.8. The maximum Gasteiger partial charge on any atom is 0.290 e. The average Bonchev–Trinajstić information content (AvgIpc) is 3.31. The Kier molecular flexibility index (Phi) is 3.82. The molecule has 2 amide bonds. The smallest absolute Gasteiger partial charge is 0.290 e. The Labute approximate surface area is 150 Å². The van der Waals surface area contributed by atoms with E-state index < -0.39 is 5.91 Å². The number of tetrazole rings is 1. The molecular weight excluding hydrogens is 356 g/mol. The summed E-state index contributed by atoms with van der Waals surface area (Å²) in [5.41, 5.74) is 8.17. The Morgan fingerprint density at radius 3 is 2.54 bits per heavy atom. The van der Waals surface area contributed by atoms with E-state index in [0.29, 0.717) is 22.5 Å². The Morgan fingerprint density at radius 2 is 1.81 bits per heavy atom. The summed E-state index contributed by atoms with van der Waals surface area (Å²) in [6.45, 7) is 0. The van der Waals surface area contributed by atoms with Crippen LogP contribution in [0.15, 0.2) is 42.5 Å². The lowest BCUT2D eigenvalue weighted by atomic mass is 10.2. The predicted octanol–water partition coefficient (Wildman–Crippen LogP) is 1.02. The number of carbonyl (C=O) groups is 2. The van der Waals surface area contributed by atoms with Gasteiger partial charge in [-0.25, -0.2) is 0 Å². The summed E-state index contributed by atoms with van der Waals surface area (Å²) >= 11 is 1.10. The van der Waals surface area contributed by atoms with Crippen molar-refractivity contribution < 1.29 is 9.59 Å². The molecule has 11 heteroatoms. The van der Waals surface area contributed by atoms with Crippen LogP contribution in [0.4, 0.5) is 5.69 Å². The van der Waals surface area contributed by atoms with Crippen molar-refractivity contribution in [3.05, 3.63) is 53.9 Å². The Morgan fingerprint density at radius 1 is 1.04 bits per heavy atom. The number of primary amides is 1. The van der Waals surface area contributed by atoms with Crippen LogP contribution in [0.2, 0.25) is 0 Å². The normalized spacial score (nSPS) is 10.8. The monoisotopic (exact) mass is 366 g/mol. The molecule has 4 rings (SSSR count). The van der Waals surface area contributed by atoms with Crippen LogP contribution >= 0.6 is 11.7 Å². The summed E-state index contributed by atoms with van der Waals surface area (Å²) in [6.07, 6.45) is 0. The van der Waals surface area contributed by atoms with Crippen LogP contribution in [0.3, 0.4) is 0 Å². The van der Waals surface area contributed by atoms with Crippen molar-refractivity contribution in [2.45, 2.75) is 0 Å². The molecule has 2 aromatic carbocycles. The van der Waals surface area contributed by atoms with Gasteiger partial charge in [-0.3, -0.25) is 9.59 Å². The van der Waals surface area contributed by atoms with Crippen LogP contribution in [0.5, 0.6) is 0 Å². The molecule has 0 aliphatic rings. The molecule has 0 saturated heterocycles. The number of nitrogens with zero attached hydrogens (tertiary/aromatic N) is 6. The first-order chi connectivity index (χ1) is 12.6. The second-order valence-electron chi connectivity index (χ2n) is 5.24. The second kappa shape index (κ2) is 6.29. The van der Waals surface area contributed by atoms with Crippen LogP contribution in [-0.2, 0) is 0 Å². The molecule has 2 heterocycles. The van der Waals surface area contributed by atoms with Crippen LogP contribution in [-0.4, -0.2) is 40.8 Å². The van der Waals surface area contributed by atoms with Gasteiger partial charge in [-0.05, 0) is 47.7 Å². The Hall–Kier alpha value is -3.73. The number of carbonyl (C=O) groups excluding carboxylic acids is 2. The van der Waals surface area contributed by atoms with Gasteiger partial charge in [0.2, 0.25) is 0 Å². The van der Waals surface area contributed by atoms with E-state index in [2.05, 4.69) is 29.5 Å². The van der Waals surface area contributed by atoms with Gasteiger partial charge in [-0.15, -0.1) is 15.0 Å². The minimum Gasteiger partial charge on any atom is -0.363 e. The molecule has 4 aromatic rings. The molecule has 0 fully saturated rings. The van der Waals surface area contributed by atoms with Gasteiger partial charge in [0.1, 0.15) is 11.0 Å². The first-order valence-corrected chi connectivity index (χ1v) is 8.07. The Bertz CT molecular complexity index is 1120. The minimum absolute atomic E-state index is 0.172. The number of anilines is 1. The molecular formula is C15H10N8O2S. The average molecular weight is 366 g/mol. The van der Waals surface area contributed by atoms with Crippen molar-refractivity contribution in [1.82, 2.24) is 29.0 Å². The molecule has 0 aliphatic heterocycles. The number of rotatable bonds is 4. The zero-order valence-corrected chi connectivity index (χ0v) is 13.8. The number of hydrogen-bond donors (Lipinski definition) is 2. The van der Waals surface area contributed by atoms with E-state index >= 15 is 0 Å². The third kappa shape index (κ3) is 2.98. The fraction of sp³-hybridized carbons (Fsp3) is 0. The van der Waals surface area contributed by atoms with Crippen molar-refractivity contribution in [2.75, 3.05) is 5.32 Å². The maximum atomic E-state index is 12.4. The third-order valence-corrected chi connectivity index (χ3v) is 4.06. The lowest BCUT2D eigenvalue weighted by molar-refractivity contribution is 0.0988. The van der Waals surface area contributed by atoms with Gasteiger partial charge < -0.3 is 11.1 Å². The van der Waals surface area contributed by atoms with E-state index in [-0.39, 0.29) is 11.7 Å². The van der Waals surface area contributed by atoms with Gasteiger partial charge in [0, 0.05) is 11.3 Å². The van der Waals surface area contributed by atoms with Crippen molar-refractivity contribution >= 4 is 40.3 Å². The van der Waals surface area contributed by atoms with Crippen molar-refractivity contribution in [1.29, 1.82) is 0 Å².